The molecular formula is C14H20N2O4. The lowest BCUT2D eigenvalue weighted by Crippen LogP contribution is -2.36. The predicted molar refractivity (Wildman–Crippen MR) is 75.6 cm³/mol. The minimum absolute atomic E-state index is 0.0927. The number of methoxy groups -OCH3 is 1. The first-order valence-corrected chi connectivity index (χ1v) is 6.41. The van der Waals surface area contributed by atoms with Gasteiger partial charge in [0.2, 0.25) is 0 Å². The van der Waals surface area contributed by atoms with Crippen LogP contribution < -0.4 is 10.5 Å². The summed E-state index contributed by atoms with van der Waals surface area (Å²) in [5, 5.41) is 0. The summed E-state index contributed by atoms with van der Waals surface area (Å²) in [4.78, 5) is 25.0. The van der Waals surface area contributed by atoms with Gasteiger partial charge in [-0.15, -0.1) is 0 Å². The number of carbonyl (C=O) groups excluding carboxylic acids is 2. The molecule has 6 heteroatoms. The minimum atomic E-state index is -0.464. The molecule has 0 aliphatic heterocycles. The summed E-state index contributed by atoms with van der Waals surface area (Å²) in [6.07, 6.45) is 0. The Labute approximate surface area is 118 Å². The molecule has 0 fully saturated rings. The van der Waals surface area contributed by atoms with Gasteiger partial charge in [-0.3, -0.25) is 9.59 Å². The van der Waals surface area contributed by atoms with Crippen molar-refractivity contribution in [2.75, 3.05) is 32.5 Å². The van der Waals surface area contributed by atoms with Crippen LogP contribution in [0, 0.1) is 0 Å². The Bertz CT molecular complexity index is 488. The van der Waals surface area contributed by atoms with Crippen molar-refractivity contribution in [1.29, 1.82) is 0 Å². The van der Waals surface area contributed by atoms with E-state index in [1.807, 2.05) is 6.92 Å². The van der Waals surface area contributed by atoms with Gasteiger partial charge in [-0.05, 0) is 26.0 Å². The highest BCUT2D eigenvalue weighted by molar-refractivity contribution is 5.97. The summed E-state index contributed by atoms with van der Waals surface area (Å²) in [6, 6.07) is 4.82. The molecule has 20 heavy (non-hydrogen) atoms. The van der Waals surface area contributed by atoms with E-state index in [-0.39, 0.29) is 12.5 Å². The molecule has 0 unspecified atom stereocenters. The highest BCUT2D eigenvalue weighted by Crippen LogP contribution is 2.20. The fourth-order valence-electron chi connectivity index (χ4n) is 1.73. The van der Waals surface area contributed by atoms with Gasteiger partial charge in [0.1, 0.15) is 12.3 Å². The number of carbonyl (C=O) groups is 2. The first kappa shape index (κ1) is 15.8. The molecule has 0 atom stereocenters. The van der Waals surface area contributed by atoms with Crippen LogP contribution in [0.25, 0.3) is 0 Å². The van der Waals surface area contributed by atoms with Gasteiger partial charge < -0.3 is 20.1 Å². The first-order chi connectivity index (χ1) is 9.51. The Balaban J connectivity index is 2.96. The van der Waals surface area contributed by atoms with Crippen LogP contribution in [0.2, 0.25) is 0 Å². The summed E-state index contributed by atoms with van der Waals surface area (Å²) in [5.41, 5.74) is 6.58. The van der Waals surface area contributed by atoms with Gasteiger partial charge in [-0.1, -0.05) is 0 Å². The van der Waals surface area contributed by atoms with Crippen molar-refractivity contribution in [1.82, 2.24) is 4.90 Å². The molecule has 1 amide bonds. The minimum Gasteiger partial charge on any atom is -0.494 e. The van der Waals surface area contributed by atoms with E-state index in [9.17, 15) is 9.59 Å². The van der Waals surface area contributed by atoms with Crippen LogP contribution in [0.4, 0.5) is 5.69 Å². The highest BCUT2D eigenvalue weighted by atomic mass is 16.5. The SMILES string of the molecule is CCOc1cc(N)cc(C(=O)N(CC)CC(=O)OC)c1. The lowest BCUT2D eigenvalue weighted by Gasteiger charge is -2.20. The summed E-state index contributed by atoms with van der Waals surface area (Å²) < 4.78 is 9.92. The predicted octanol–water partition coefficient (Wildman–Crippen LogP) is 1.30. The van der Waals surface area contributed by atoms with Gasteiger partial charge in [0.25, 0.3) is 5.91 Å². The fraction of sp³-hybridized carbons (Fsp3) is 0.429. The maximum atomic E-state index is 12.3. The molecule has 0 radical (unpaired) electrons. The zero-order chi connectivity index (χ0) is 15.1. The largest absolute Gasteiger partial charge is 0.494 e. The summed E-state index contributed by atoms with van der Waals surface area (Å²) in [7, 11) is 1.29. The zero-order valence-electron chi connectivity index (χ0n) is 12.0. The molecule has 0 saturated carbocycles. The van der Waals surface area contributed by atoms with E-state index in [1.165, 1.54) is 12.0 Å². The van der Waals surface area contributed by atoms with Crippen molar-refractivity contribution >= 4 is 17.6 Å². The second kappa shape index (κ2) is 7.37. The molecule has 6 nitrogen and oxygen atoms in total. The molecule has 1 rings (SSSR count). The van der Waals surface area contributed by atoms with Gasteiger partial charge in [0.15, 0.2) is 0 Å². The van der Waals surface area contributed by atoms with Crippen LogP contribution in [0.5, 0.6) is 5.75 Å². The maximum absolute atomic E-state index is 12.3. The topological polar surface area (TPSA) is 81.9 Å². The number of anilines is 1. The van der Waals surface area contributed by atoms with Crippen molar-refractivity contribution in [3.63, 3.8) is 0 Å². The smallest absolute Gasteiger partial charge is 0.325 e. The third-order valence-corrected chi connectivity index (χ3v) is 2.70. The van der Waals surface area contributed by atoms with E-state index >= 15 is 0 Å². The molecule has 0 spiro atoms. The number of nitrogen functional groups attached to an aromatic ring is 1. The van der Waals surface area contributed by atoms with Crippen LogP contribution in [0.1, 0.15) is 24.2 Å². The number of rotatable bonds is 6. The summed E-state index contributed by atoms with van der Waals surface area (Å²) in [6.45, 7) is 4.42. The molecule has 0 bridgehead atoms. The Hall–Kier alpha value is -2.24. The molecule has 110 valence electrons. The van der Waals surface area contributed by atoms with E-state index in [1.54, 1.807) is 25.1 Å². The van der Waals surface area contributed by atoms with Crippen LogP contribution in [0.3, 0.4) is 0 Å². The van der Waals surface area contributed by atoms with E-state index < -0.39 is 5.97 Å². The molecule has 0 aromatic heterocycles. The number of hydrogen-bond acceptors (Lipinski definition) is 5. The van der Waals surface area contributed by atoms with Crippen LogP contribution in [0.15, 0.2) is 18.2 Å². The summed E-state index contributed by atoms with van der Waals surface area (Å²) >= 11 is 0. The number of nitrogens with two attached hydrogens (primary N) is 1. The Kier molecular flexibility index (Phi) is 5.83. The summed E-state index contributed by atoms with van der Waals surface area (Å²) in [5.74, 6) is -0.217. The number of nitrogens with zero attached hydrogens (tertiary/aromatic N) is 1. The zero-order valence-corrected chi connectivity index (χ0v) is 12.0. The number of likely N-dealkylation sites (N-methyl/N-ethyl adjacent to an activating group) is 1. The van der Waals surface area contributed by atoms with Gasteiger partial charge in [-0.25, -0.2) is 0 Å². The normalized spacial score (nSPS) is 9.95. The average Bonchev–Trinajstić information content (AvgIpc) is 2.43. The number of hydrogen-bond donors (Lipinski definition) is 1. The molecule has 1 aromatic rings. The number of benzene rings is 1. The molecule has 0 aliphatic carbocycles. The Morgan fingerprint density at radius 3 is 2.50 bits per heavy atom. The molecule has 2 N–H and O–H groups in total. The van der Waals surface area contributed by atoms with Gasteiger partial charge in [0.05, 0.1) is 13.7 Å². The highest BCUT2D eigenvalue weighted by Gasteiger charge is 2.18. The van der Waals surface area contributed by atoms with E-state index in [4.69, 9.17) is 10.5 Å². The van der Waals surface area contributed by atoms with Crippen LogP contribution in [-0.2, 0) is 9.53 Å². The second-order valence-electron chi connectivity index (χ2n) is 4.12. The van der Waals surface area contributed by atoms with Gasteiger partial charge in [0, 0.05) is 23.9 Å². The average molecular weight is 280 g/mol. The van der Waals surface area contributed by atoms with Crippen molar-refractivity contribution in [3.8, 4) is 5.75 Å². The molecule has 0 heterocycles. The third kappa shape index (κ3) is 4.15. The monoisotopic (exact) mass is 280 g/mol. The molecule has 0 aliphatic rings. The number of ether oxygens (including phenoxy) is 2. The van der Waals surface area contributed by atoms with E-state index in [0.717, 1.165) is 0 Å². The van der Waals surface area contributed by atoms with Crippen LogP contribution >= 0.6 is 0 Å². The Morgan fingerprint density at radius 2 is 1.95 bits per heavy atom. The molecule has 0 saturated heterocycles. The van der Waals surface area contributed by atoms with Gasteiger partial charge in [-0.2, -0.15) is 0 Å². The van der Waals surface area contributed by atoms with Crippen molar-refractivity contribution in [2.45, 2.75) is 13.8 Å². The third-order valence-electron chi connectivity index (χ3n) is 2.70. The van der Waals surface area contributed by atoms with E-state index in [2.05, 4.69) is 4.74 Å². The standard InChI is InChI=1S/C14H20N2O4/c1-4-16(9-13(17)19-3)14(18)10-6-11(15)8-12(7-10)20-5-2/h6-8H,4-5,9,15H2,1-3H3. The molecule has 1 aromatic carbocycles. The fourth-order valence-corrected chi connectivity index (χ4v) is 1.73. The van der Waals surface area contributed by atoms with Crippen molar-refractivity contribution in [2.24, 2.45) is 0 Å². The molecular weight excluding hydrogens is 260 g/mol. The second-order valence-corrected chi connectivity index (χ2v) is 4.12. The van der Waals surface area contributed by atoms with Crippen LogP contribution in [-0.4, -0.2) is 43.6 Å². The number of esters is 1. The quantitative estimate of drug-likeness (QED) is 0.627. The van der Waals surface area contributed by atoms with E-state index in [0.29, 0.717) is 30.2 Å². The van der Waals surface area contributed by atoms with Crippen molar-refractivity contribution < 1.29 is 19.1 Å². The lowest BCUT2D eigenvalue weighted by atomic mass is 10.1. The first-order valence-electron chi connectivity index (χ1n) is 6.41. The lowest BCUT2D eigenvalue weighted by molar-refractivity contribution is -0.141. The Morgan fingerprint density at radius 1 is 1.25 bits per heavy atom. The van der Waals surface area contributed by atoms with Gasteiger partial charge >= 0.3 is 5.97 Å². The maximum Gasteiger partial charge on any atom is 0.325 e. The van der Waals surface area contributed by atoms with Crippen molar-refractivity contribution in [3.05, 3.63) is 23.8 Å². The number of amides is 1.